The number of hydrogen-bond acceptors (Lipinski definition) is 4. The number of thiophene rings is 1. The minimum atomic E-state index is -0.320. The molecule has 0 fully saturated rings. The zero-order valence-corrected chi connectivity index (χ0v) is 8.72. The van der Waals surface area contributed by atoms with E-state index in [0.29, 0.717) is 13.0 Å². The third kappa shape index (κ3) is 3.87. The Kier molecular flexibility index (Phi) is 4.58. The molecule has 0 aliphatic carbocycles. The van der Waals surface area contributed by atoms with Gasteiger partial charge in [-0.1, -0.05) is 6.07 Å². The Morgan fingerprint density at radius 3 is 2.93 bits per heavy atom. The molecule has 1 aromatic rings. The van der Waals surface area contributed by atoms with Crippen LogP contribution in [0.3, 0.4) is 0 Å². The number of rotatable bonds is 6. The second-order valence-corrected chi connectivity index (χ2v) is 4.10. The molecule has 0 saturated heterocycles. The highest BCUT2D eigenvalue weighted by Gasteiger charge is 2.08. The van der Waals surface area contributed by atoms with Crippen LogP contribution in [0.2, 0.25) is 0 Å². The predicted molar refractivity (Wildman–Crippen MR) is 57.8 cm³/mol. The lowest BCUT2D eigenvalue weighted by atomic mass is 10.2. The number of primary amides is 1. The lowest BCUT2D eigenvalue weighted by molar-refractivity contribution is -0.118. The van der Waals surface area contributed by atoms with Crippen molar-refractivity contribution in [3.63, 3.8) is 0 Å². The number of nitrogens with two attached hydrogens (primary N) is 2. The van der Waals surface area contributed by atoms with Crippen LogP contribution in [-0.2, 0) is 11.3 Å². The third-order valence-corrected chi connectivity index (χ3v) is 2.75. The molecule has 78 valence electrons. The molecule has 0 radical (unpaired) electrons. The maximum atomic E-state index is 10.7. The number of carbonyl (C=O) groups is 1. The second kappa shape index (κ2) is 5.74. The zero-order chi connectivity index (χ0) is 10.4. The number of nitrogens with one attached hydrogen (secondary N) is 1. The van der Waals surface area contributed by atoms with Crippen molar-refractivity contribution >= 4 is 17.2 Å². The van der Waals surface area contributed by atoms with Crippen molar-refractivity contribution in [1.82, 2.24) is 5.32 Å². The summed E-state index contributed by atoms with van der Waals surface area (Å²) in [6, 6.07) is 4.01. The van der Waals surface area contributed by atoms with Gasteiger partial charge in [-0.25, -0.2) is 0 Å². The quantitative estimate of drug-likeness (QED) is 0.624. The average molecular weight is 213 g/mol. The molecular weight excluding hydrogens is 198 g/mol. The van der Waals surface area contributed by atoms with Crippen molar-refractivity contribution in [1.29, 1.82) is 0 Å². The van der Waals surface area contributed by atoms with E-state index in [1.807, 2.05) is 17.5 Å². The summed E-state index contributed by atoms with van der Waals surface area (Å²) in [5, 5.41) is 5.20. The van der Waals surface area contributed by atoms with Gasteiger partial charge >= 0.3 is 0 Å². The van der Waals surface area contributed by atoms with E-state index in [9.17, 15) is 4.79 Å². The molecule has 1 aromatic heterocycles. The second-order valence-electron chi connectivity index (χ2n) is 3.06. The predicted octanol–water partition coefficient (Wildman–Crippen LogP) is 0.0404. The molecule has 0 saturated carbocycles. The van der Waals surface area contributed by atoms with Crippen molar-refractivity contribution in [2.24, 2.45) is 11.5 Å². The maximum Gasteiger partial charge on any atom is 0.219 e. The molecule has 5 heteroatoms. The highest BCUT2D eigenvalue weighted by Crippen LogP contribution is 2.07. The fourth-order valence-corrected chi connectivity index (χ4v) is 1.80. The summed E-state index contributed by atoms with van der Waals surface area (Å²) >= 11 is 1.67. The van der Waals surface area contributed by atoms with E-state index in [-0.39, 0.29) is 11.9 Å². The maximum absolute atomic E-state index is 10.7. The average Bonchev–Trinajstić information content (AvgIpc) is 2.64. The lowest BCUT2D eigenvalue weighted by Gasteiger charge is -2.13. The summed E-state index contributed by atoms with van der Waals surface area (Å²) in [4.78, 5) is 11.9. The van der Waals surface area contributed by atoms with Crippen LogP contribution in [0.4, 0.5) is 0 Å². The van der Waals surface area contributed by atoms with Crippen molar-refractivity contribution in [2.45, 2.75) is 19.0 Å². The lowest BCUT2D eigenvalue weighted by Crippen LogP contribution is -2.38. The van der Waals surface area contributed by atoms with Crippen LogP contribution in [0.25, 0.3) is 0 Å². The van der Waals surface area contributed by atoms with Crippen LogP contribution in [-0.4, -0.2) is 18.5 Å². The zero-order valence-electron chi connectivity index (χ0n) is 7.90. The molecule has 0 aliphatic rings. The van der Waals surface area contributed by atoms with Crippen molar-refractivity contribution in [3.05, 3.63) is 22.4 Å². The van der Waals surface area contributed by atoms with Crippen LogP contribution in [0.15, 0.2) is 17.5 Å². The Morgan fingerprint density at radius 1 is 1.64 bits per heavy atom. The van der Waals surface area contributed by atoms with Crippen molar-refractivity contribution in [2.75, 3.05) is 6.54 Å². The van der Waals surface area contributed by atoms with Gasteiger partial charge in [0, 0.05) is 30.4 Å². The molecule has 1 rings (SSSR count). The monoisotopic (exact) mass is 213 g/mol. The standard InChI is InChI=1S/C9H15N3OS/c10-5-7(4-9(11)13)12-6-8-2-1-3-14-8/h1-3,7,12H,4-6,10H2,(H2,11,13). The fourth-order valence-electron chi connectivity index (χ4n) is 1.14. The summed E-state index contributed by atoms with van der Waals surface area (Å²) in [5.74, 6) is -0.320. The smallest absolute Gasteiger partial charge is 0.219 e. The first-order valence-electron chi connectivity index (χ1n) is 4.46. The van der Waals surface area contributed by atoms with Crippen LogP contribution in [0, 0.1) is 0 Å². The molecule has 1 atom stereocenters. The Morgan fingerprint density at radius 2 is 2.43 bits per heavy atom. The van der Waals surface area contributed by atoms with Gasteiger partial charge in [0.15, 0.2) is 0 Å². The summed E-state index contributed by atoms with van der Waals surface area (Å²) < 4.78 is 0. The molecule has 14 heavy (non-hydrogen) atoms. The van der Waals surface area contributed by atoms with Crippen LogP contribution in [0.5, 0.6) is 0 Å². The first-order valence-corrected chi connectivity index (χ1v) is 5.34. The Bertz CT molecular complexity index is 274. The minimum Gasteiger partial charge on any atom is -0.370 e. The first kappa shape index (κ1) is 11.2. The van der Waals surface area contributed by atoms with Gasteiger partial charge in [-0.15, -0.1) is 11.3 Å². The van der Waals surface area contributed by atoms with Gasteiger partial charge in [-0.05, 0) is 11.4 Å². The summed E-state index contributed by atoms with van der Waals surface area (Å²) in [5.41, 5.74) is 10.6. The summed E-state index contributed by atoms with van der Waals surface area (Å²) in [7, 11) is 0. The van der Waals surface area contributed by atoms with Crippen LogP contribution >= 0.6 is 11.3 Å². The number of hydrogen-bond donors (Lipinski definition) is 3. The molecule has 5 N–H and O–H groups in total. The van der Waals surface area contributed by atoms with E-state index in [4.69, 9.17) is 11.5 Å². The van der Waals surface area contributed by atoms with Gasteiger partial charge in [0.05, 0.1) is 0 Å². The topological polar surface area (TPSA) is 81.1 Å². The van der Waals surface area contributed by atoms with Gasteiger partial charge in [0.1, 0.15) is 0 Å². The molecular formula is C9H15N3OS. The van der Waals surface area contributed by atoms with Crippen LogP contribution in [0.1, 0.15) is 11.3 Å². The van der Waals surface area contributed by atoms with E-state index in [1.165, 1.54) is 4.88 Å². The highest BCUT2D eigenvalue weighted by atomic mass is 32.1. The van der Waals surface area contributed by atoms with Gasteiger partial charge in [-0.3, -0.25) is 4.79 Å². The van der Waals surface area contributed by atoms with Gasteiger partial charge < -0.3 is 16.8 Å². The highest BCUT2D eigenvalue weighted by molar-refractivity contribution is 7.09. The van der Waals surface area contributed by atoms with E-state index in [1.54, 1.807) is 11.3 Å². The third-order valence-electron chi connectivity index (χ3n) is 1.88. The molecule has 0 aromatic carbocycles. The van der Waals surface area contributed by atoms with E-state index in [0.717, 1.165) is 6.54 Å². The molecule has 0 aliphatic heterocycles. The Labute approximate surface area is 87.3 Å². The van der Waals surface area contributed by atoms with E-state index in [2.05, 4.69) is 5.32 Å². The number of amides is 1. The molecule has 0 bridgehead atoms. The van der Waals surface area contributed by atoms with Crippen molar-refractivity contribution < 1.29 is 4.79 Å². The van der Waals surface area contributed by atoms with E-state index < -0.39 is 0 Å². The molecule has 1 amide bonds. The SMILES string of the molecule is NCC(CC(N)=O)NCc1cccs1. The Hall–Kier alpha value is -0.910. The number of carbonyl (C=O) groups excluding carboxylic acids is 1. The molecule has 1 unspecified atom stereocenters. The molecule has 0 spiro atoms. The fraction of sp³-hybridized carbons (Fsp3) is 0.444. The molecule has 4 nitrogen and oxygen atoms in total. The van der Waals surface area contributed by atoms with Gasteiger partial charge in [0.2, 0.25) is 5.91 Å². The summed E-state index contributed by atoms with van der Waals surface area (Å²) in [6.07, 6.45) is 0.294. The summed E-state index contributed by atoms with van der Waals surface area (Å²) in [6.45, 7) is 1.17. The van der Waals surface area contributed by atoms with E-state index >= 15 is 0 Å². The van der Waals surface area contributed by atoms with Crippen molar-refractivity contribution in [3.8, 4) is 0 Å². The van der Waals surface area contributed by atoms with Crippen LogP contribution < -0.4 is 16.8 Å². The molecule has 1 heterocycles. The Balaban J connectivity index is 2.30. The van der Waals surface area contributed by atoms with Gasteiger partial charge in [0.25, 0.3) is 0 Å². The minimum absolute atomic E-state index is 0.0189. The van der Waals surface area contributed by atoms with Gasteiger partial charge in [-0.2, -0.15) is 0 Å². The normalized spacial score (nSPS) is 12.6. The first-order chi connectivity index (χ1) is 6.72. The largest absolute Gasteiger partial charge is 0.370 e.